The first-order valence-corrected chi connectivity index (χ1v) is 12.1. The highest BCUT2D eigenvalue weighted by atomic mass is 16.4. The van der Waals surface area contributed by atoms with Crippen LogP contribution >= 0.6 is 0 Å². The summed E-state index contributed by atoms with van der Waals surface area (Å²) in [6.45, 7) is 8.42. The zero-order valence-electron chi connectivity index (χ0n) is 21.2. The van der Waals surface area contributed by atoms with Crippen molar-refractivity contribution in [3.05, 3.63) is 0 Å². The minimum atomic E-state index is -0.833. The molecule has 8 nitrogen and oxygen atoms in total. The van der Waals surface area contributed by atoms with Gasteiger partial charge in [-0.05, 0) is 13.0 Å². The van der Waals surface area contributed by atoms with Gasteiger partial charge < -0.3 is 26.4 Å². The highest BCUT2D eigenvalue weighted by Gasteiger charge is 1.94. The summed E-state index contributed by atoms with van der Waals surface area (Å²) in [5.74, 6) is -2.50. The van der Waals surface area contributed by atoms with E-state index in [1.165, 1.54) is 89.9 Å². The molecule has 0 spiro atoms. The fourth-order valence-corrected chi connectivity index (χ4v) is 2.67. The van der Waals surface area contributed by atoms with Crippen molar-refractivity contribution in [2.45, 2.75) is 118 Å². The molecule has 32 heavy (non-hydrogen) atoms. The van der Waals surface area contributed by atoms with Gasteiger partial charge in [0.15, 0.2) is 0 Å². The topological polar surface area (TPSA) is 150 Å². The molecule has 0 aliphatic heterocycles. The van der Waals surface area contributed by atoms with Crippen LogP contribution in [0, 0.1) is 0 Å². The summed E-state index contributed by atoms with van der Waals surface area (Å²) in [5.41, 5.74) is 5.43. The molecule has 194 valence electrons. The Kier molecular flexibility index (Phi) is 43.1. The number of unbranched alkanes of at least 4 members (excludes halogenated alkanes) is 13. The molecule has 0 rings (SSSR count). The van der Waals surface area contributed by atoms with Gasteiger partial charge in [-0.15, -0.1) is 0 Å². The Morgan fingerprint density at radius 1 is 0.562 bits per heavy atom. The number of carbonyl (C=O) groups is 3. The van der Waals surface area contributed by atoms with E-state index in [1.807, 2.05) is 0 Å². The lowest BCUT2D eigenvalue weighted by Gasteiger charge is -2.04. The lowest BCUT2D eigenvalue weighted by molar-refractivity contribution is -0.135. The number of carboxylic acid groups (broad SMARTS) is 3. The third-order valence-electron chi connectivity index (χ3n) is 4.03. The van der Waals surface area contributed by atoms with Gasteiger partial charge in [0.2, 0.25) is 0 Å². The molecule has 0 bridgehead atoms. The van der Waals surface area contributed by atoms with Crippen LogP contribution in [0.1, 0.15) is 118 Å². The Morgan fingerprint density at radius 2 is 0.812 bits per heavy atom. The quantitative estimate of drug-likeness (QED) is 0.182. The third-order valence-corrected chi connectivity index (χ3v) is 4.03. The van der Waals surface area contributed by atoms with E-state index in [2.05, 4.69) is 12.2 Å². The Labute approximate surface area is 196 Å². The normalized spacial score (nSPS) is 9.28. The lowest BCUT2D eigenvalue weighted by Crippen LogP contribution is -2.23. The minimum absolute atomic E-state index is 0.763. The Balaban J connectivity index is -0.000000267. The van der Waals surface area contributed by atoms with Crippen LogP contribution in [0.2, 0.25) is 0 Å². The largest absolute Gasteiger partial charge is 0.481 e. The predicted octanol–water partition coefficient (Wildman–Crippen LogP) is 5.29. The molecule has 0 fully saturated rings. The highest BCUT2D eigenvalue weighted by molar-refractivity contribution is 5.63. The van der Waals surface area contributed by atoms with Crippen molar-refractivity contribution < 1.29 is 29.7 Å². The molecule has 0 aromatic carbocycles. The van der Waals surface area contributed by atoms with Gasteiger partial charge in [-0.25, -0.2) is 0 Å². The number of rotatable bonds is 17. The SMILES string of the molecule is CC(=O)O.CC(=O)O.CC(=O)O.CCCCCCCCCCCCCCCCNCCN. The molecule has 0 unspecified atom stereocenters. The molecule has 0 aromatic rings. The van der Waals surface area contributed by atoms with Crippen LogP contribution in [0.5, 0.6) is 0 Å². The lowest BCUT2D eigenvalue weighted by atomic mass is 10.0. The maximum atomic E-state index is 9.00. The van der Waals surface area contributed by atoms with Crippen LogP contribution in [-0.4, -0.2) is 52.9 Å². The van der Waals surface area contributed by atoms with E-state index in [1.54, 1.807) is 0 Å². The number of aliphatic carboxylic acids is 3. The van der Waals surface area contributed by atoms with Crippen molar-refractivity contribution in [1.82, 2.24) is 5.32 Å². The van der Waals surface area contributed by atoms with Crippen LogP contribution in [0.15, 0.2) is 0 Å². The number of nitrogens with one attached hydrogen (secondary N) is 1. The minimum Gasteiger partial charge on any atom is -0.481 e. The molecule has 0 heterocycles. The smallest absolute Gasteiger partial charge is 0.300 e. The summed E-state index contributed by atoms with van der Waals surface area (Å²) in [7, 11) is 0. The molecule has 0 atom stereocenters. The number of nitrogens with two attached hydrogens (primary N) is 1. The molecule has 0 radical (unpaired) electrons. The monoisotopic (exact) mass is 464 g/mol. The zero-order chi connectivity index (χ0) is 25.5. The van der Waals surface area contributed by atoms with Gasteiger partial charge in [-0.2, -0.15) is 0 Å². The van der Waals surface area contributed by atoms with Crippen LogP contribution in [0.4, 0.5) is 0 Å². The summed E-state index contributed by atoms with van der Waals surface area (Å²) >= 11 is 0. The third kappa shape index (κ3) is 90.0. The molecule has 0 aliphatic rings. The molecule has 0 aromatic heterocycles. The van der Waals surface area contributed by atoms with Crippen molar-refractivity contribution in [3.63, 3.8) is 0 Å². The van der Waals surface area contributed by atoms with Crippen LogP contribution in [0.3, 0.4) is 0 Å². The van der Waals surface area contributed by atoms with E-state index in [-0.39, 0.29) is 0 Å². The second-order valence-electron chi connectivity index (χ2n) is 7.69. The Hall–Kier alpha value is -1.67. The first-order chi connectivity index (χ1) is 15.1. The number of hydrogen-bond donors (Lipinski definition) is 5. The molecule has 0 amide bonds. The van der Waals surface area contributed by atoms with Crippen LogP contribution < -0.4 is 11.1 Å². The van der Waals surface area contributed by atoms with Crippen LogP contribution in [0.25, 0.3) is 0 Å². The number of carboxylic acids is 3. The summed E-state index contributed by atoms with van der Waals surface area (Å²) in [6.07, 6.45) is 20.1. The van der Waals surface area contributed by atoms with Gasteiger partial charge in [0, 0.05) is 33.9 Å². The van der Waals surface area contributed by atoms with Crippen molar-refractivity contribution in [3.8, 4) is 0 Å². The van der Waals surface area contributed by atoms with Crippen LogP contribution in [-0.2, 0) is 14.4 Å². The standard InChI is InChI=1S/C18H40N2.3C2H4O2/c1-2-3-4-5-6-7-8-9-10-11-12-13-14-15-17-20-18-16-19;3*1-2(3)4/h20H,2-19H2,1H3;3*1H3,(H,3,4). The van der Waals surface area contributed by atoms with Gasteiger partial charge in [0.25, 0.3) is 17.9 Å². The van der Waals surface area contributed by atoms with Gasteiger partial charge in [0.1, 0.15) is 0 Å². The maximum Gasteiger partial charge on any atom is 0.300 e. The van der Waals surface area contributed by atoms with Crippen molar-refractivity contribution >= 4 is 17.9 Å². The first kappa shape index (κ1) is 37.6. The Morgan fingerprint density at radius 3 is 1.06 bits per heavy atom. The predicted molar refractivity (Wildman–Crippen MR) is 132 cm³/mol. The van der Waals surface area contributed by atoms with Crippen molar-refractivity contribution in [2.75, 3.05) is 19.6 Å². The first-order valence-electron chi connectivity index (χ1n) is 12.1. The summed E-state index contributed by atoms with van der Waals surface area (Å²) in [6, 6.07) is 0. The second-order valence-corrected chi connectivity index (χ2v) is 7.69. The van der Waals surface area contributed by atoms with E-state index in [0.29, 0.717) is 0 Å². The molecule has 0 saturated heterocycles. The highest BCUT2D eigenvalue weighted by Crippen LogP contribution is 2.12. The maximum absolute atomic E-state index is 9.00. The van der Waals surface area contributed by atoms with E-state index in [4.69, 9.17) is 35.4 Å². The molecular formula is C24H52N2O6. The van der Waals surface area contributed by atoms with Gasteiger partial charge >= 0.3 is 0 Å². The fourth-order valence-electron chi connectivity index (χ4n) is 2.67. The van der Waals surface area contributed by atoms with E-state index in [0.717, 1.165) is 40.4 Å². The molecular weight excluding hydrogens is 412 g/mol. The molecule has 6 N–H and O–H groups in total. The summed E-state index contributed by atoms with van der Waals surface area (Å²) in [4.78, 5) is 27.0. The van der Waals surface area contributed by atoms with Gasteiger partial charge in [-0.1, -0.05) is 90.4 Å². The average Bonchev–Trinajstić information content (AvgIpc) is 2.66. The van der Waals surface area contributed by atoms with E-state index < -0.39 is 17.9 Å². The van der Waals surface area contributed by atoms with Gasteiger partial charge in [-0.3, -0.25) is 14.4 Å². The summed E-state index contributed by atoms with van der Waals surface area (Å²) < 4.78 is 0. The van der Waals surface area contributed by atoms with Crippen molar-refractivity contribution in [1.29, 1.82) is 0 Å². The van der Waals surface area contributed by atoms with Gasteiger partial charge in [0.05, 0.1) is 0 Å². The Bertz CT molecular complexity index is 334. The van der Waals surface area contributed by atoms with Crippen molar-refractivity contribution in [2.24, 2.45) is 5.73 Å². The average molecular weight is 465 g/mol. The zero-order valence-corrected chi connectivity index (χ0v) is 21.2. The summed E-state index contributed by atoms with van der Waals surface area (Å²) in [5, 5.41) is 25.6. The molecule has 0 aliphatic carbocycles. The second kappa shape index (κ2) is 36.7. The molecule has 8 heteroatoms. The fraction of sp³-hybridized carbons (Fsp3) is 0.875. The number of hydrogen-bond acceptors (Lipinski definition) is 5. The van der Waals surface area contributed by atoms with E-state index in [9.17, 15) is 0 Å². The molecule has 0 saturated carbocycles. The van der Waals surface area contributed by atoms with E-state index >= 15 is 0 Å².